The van der Waals surface area contributed by atoms with Crippen molar-refractivity contribution in [3.8, 4) is 0 Å². The summed E-state index contributed by atoms with van der Waals surface area (Å²) in [6, 6.07) is 12.0. The Hall–Kier alpha value is -1.35. The summed E-state index contributed by atoms with van der Waals surface area (Å²) < 4.78 is 0. The monoisotopic (exact) mass is 192 g/mol. The van der Waals surface area contributed by atoms with Gasteiger partial charge < -0.3 is 10.2 Å². The van der Waals surface area contributed by atoms with Crippen molar-refractivity contribution in [2.75, 3.05) is 26.2 Å². The molecule has 3 heteroatoms. The van der Waals surface area contributed by atoms with Crippen molar-refractivity contribution >= 4 is 6.41 Å². The summed E-state index contributed by atoms with van der Waals surface area (Å²) in [7, 11) is 0. The molecule has 0 radical (unpaired) electrons. The van der Waals surface area contributed by atoms with E-state index in [4.69, 9.17) is 0 Å². The van der Waals surface area contributed by atoms with Crippen LogP contribution in [0.3, 0.4) is 0 Å². The predicted molar refractivity (Wildman–Crippen MR) is 56.9 cm³/mol. The highest BCUT2D eigenvalue weighted by Gasteiger charge is 2.04. The molecule has 0 atom stereocenters. The predicted octanol–water partition coefficient (Wildman–Crippen LogP) is 0.735. The third-order valence-electron chi connectivity index (χ3n) is 1.97. The minimum absolute atomic E-state index is 0.865. The van der Waals surface area contributed by atoms with Crippen molar-refractivity contribution < 1.29 is 4.79 Å². The first kappa shape index (κ1) is 10.7. The van der Waals surface area contributed by atoms with Crippen LogP contribution in [-0.2, 0) is 4.79 Å². The number of hydrogen-bond donors (Lipinski definition) is 1. The third-order valence-corrected chi connectivity index (χ3v) is 1.97. The van der Waals surface area contributed by atoms with E-state index >= 15 is 0 Å². The molecule has 0 unspecified atom stereocenters. The standard InChI is InChI=1S/C6H6.C5H10N2O/c1-2-4-6-5-3-1;8-5-7-3-1-6-2-4-7/h1-6H;5-6H,1-4H2. The molecule has 1 aliphatic heterocycles. The molecule has 1 N–H and O–H groups in total. The number of rotatable bonds is 1. The number of carbonyl (C=O) groups is 1. The Morgan fingerprint density at radius 2 is 1.36 bits per heavy atom. The number of nitrogens with one attached hydrogen (secondary N) is 1. The van der Waals surface area contributed by atoms with Gasteiger partial charge in [0.15, 0.2) is 0 Å². The summed E-state index contributed by atoms with van der Waals surface area (Å²) in [6.07, 6.45) is 0.904. The van der Waals surface area contributed by atoms with Crippen LogP contribution in [-0.4, -0.2) is 37.5 Å². The molecule has 14 heavy (non-hydrogen) atoms. The smallest absolute Gasteiger partial charge is 0.209 e. The van der Waals surface area contributed by atoms with Crippen LogP contribution in [0.5, 0.6) is 0 Å². The van der Waals surface area contributed by atoms with Crippen molar-refractivity contribution in [2.24, 2.45) is 0 Å². The molecule has 1 saturated heterocycles. The van der Waals surface area contributed by atoms with Crippen LogP contribution in [0.1, 0.15) is 0 Å². The Labute approximate surface area is 84.7 Å². The lowest BCUT2D eigenvalue weighted by atomic mass is 10.4. The van der Waals surface area contributed by atoms with Gasteiger partial charge in [-0.05, 0) is 0 Å². The Balaban J connectivity index is 0.000000146. The molecule has 0 bridgehead atoms. The molecule has 1 aliphatic rings. The molecular weight excluding hydrogens is 176 g/mol. The molecule has 2 rings (SSSR count). The van der Waals surface area contributed by atoms with E-state index in [1.165, 1.54) is 0 Å². The second kappa shape index (κ2) is 7.09. The number of benzene rings is 1. The Kier molecular flexibility index (Phi) is 5.43. The average Bonchev–Trinajstić information content (AvgIpc) is 2.33. The molecule has 0 aromatic heterocycles. The molecule has 0 spiro atoms. The lowest BCUT2D eigenvalue weighted by Crippen LogP contribution is -2.42. The van der Waals surface area contributed by atoms with Gasteiger partial charge in [-0.15, -0.1) is 0 Å². The maximum atomic E-state index is 10.1. The number of carbonyl (C=O) groups excluding carboxylic acids is 1. The fourth-order valence-electron chi connectivity index (χ4n) is 1.17. The molecule has 1 fully saturated rings. The Bertz CT molecular complexity index is 206. The van der Waals surface area contributed by atoms with Crippen LogP contribution in [0.4, 0.5) is 0 Å². The summed E-state index contributed by atoms with van der Waals surface area (Å²) in [5.41, 5.74) is 0. The fraction of sp³-hybridized carbons (Fsp3) is 0.364. The van der Waals surface area contributed by atoms with Crippen LogP contribution in [0, 0.1) is 0 Å². The number of hydrogen-bond acceptors (Lipinski definition) is 2. The van der Waals surface area contributed by atoms with Gasteiger partial charge in [0.05, 0.1) is 0 Å². The lowest BCUT2D eigenvalue weighted by molar-refractivity contribution is -0.118. The van der Waals surface area contributed by atoms with Crippen molar-refractivity contribution in [3.63, 3.8) is 0 Å². The van der Waals surface area contributed by atoms with Gasteiger partial charge in [-0.25, -0.2) is 0 Å². The quantitative estimate of drug-likeness (QED) is 0.665. The second-order valence-corrected chi connectivity index (χ2v) is 3.05. The first-order valence-electron chi connectivity index (χ1n) is 4.83. The van der Waals surface area contributed by atoms with E-state index in [1.54, 1.807) is 4.90 Å². The normalized spacial score (nSPS) is 15.3. The first-order chi connectivity index (χ1) is 6.93. The van der Waals surface area contributed by atoms with Crippen LogP contribution in [0.25, 0.3) is 0 Å². The maximum absolute atomic E-state index is 10.1. The van der Waals surface area contributed by atoms with Gasteiger partial charge in [-0.2, -0.15) is 0 Å². The second-order valence-electron chi connectivity index (χ2n) is 3.05. The van der Waals surface area contributed by atoms with E-state index in [-0.39, 0.29) is 0 Å². The molecule has 0 saturated carbocycles. The van der Waals surface area contributed by atoms with Gasteiger partial charge >= 0.3 is 0 Å². The van der Waals surface area contributed by atoms with Gasteiger partial charge in [-0.3, -0.25) is 4.79 Å². The van der Waals surface area contributed by atoms with Crippen molar-refractivity contribution in [1.29, 1.82) is 0 Å². The van der Waals surface area contributed by atoms with Crippen molar-refractivity contribution in [3.05, 3.63) is 36.4 Å². The number of nitrogens with zero attached hydrogens (tertiary/aromatic N) is 1. The topological polar surface area (TPSA) is 32.3 Å². The highest BCUT2D eigenvalue weighted by Crippen LogP contribution is 1.84. The average molecular weight is 192 g/mol. The molecular formula is C11H16N2O. The zero-order chi connectivity index (χ0) is 10.1. The highest BCUT2D eigenvalue weighted by molar-refractivity contribution is 5.47. The maximum Gasteiger partial charge on any atom is 0.209 e. The molecule has 1 aromatic rings. The van der Waals surface area contributed by atoms with E-state index in [2.05, 4.69) is 5.32 Å². The Morgan fingerprint density at radius 3 is 1.64 bits per heavy atom. The SMILES string of the molecule is O=CN1CCNCC1.c1ccccc1. The van der Waals surface area contributed by atoms with Gasteiger partial charge in [0.25, 0.3) is 0 Å². The first-order valence-corrected chi connectivity index (χ1v) is 4.83. The van der Waals surface area contributed by atoms with Gasteiger partial charge in [0, 0.05) is 26.2 Å². The summed E-state index contributed by atoms with van der Waals surface area (Å²) in [4.78, 5) is 11.8. The Morgan fingerprint density at radius 1 is 0.929 bits per heavy atom. The number of amides is 1. The number of piperazine rings is 1. The van der Waals surface area contributed by atoms with Gasteiger partial charge in [0.2, 0.25) is 6.41 Å². The third kappa shape index (κ3) is 4.62. The minimum Gasteiger partial charge on any atom is -0.343 e. The van der Waals surface area contributed by atoms with Crippen LogP contribution in [0.15, 0.2) is 36.4 Å². The molecule has 0 aliphatic carbocycles. The molecule has 1 amide bonds. The summed E-state index contributed by atoms with van der Waals surface area (Å²) in [5.74, 6) is 0. The van der Waals surface area contributed by atoms with Crippen LogP contribution < -0.4 is 5.32 Å². The summed E-state index contributed by atoms with van der Waals surface area (Å²) in [6.45, 7) is 3.62. The molecule has 76 valence electrons. The molecule has 1 heterocycles. The fourth-order valence-corrected chi connectivity index (χ4v) is 1.17. The van der Waals surface area contributed by atoms with E-state index in [9.17, 15) is 4.79 Å². The van der Waals surface area contributed by atoms with E-state index in [1.807, 2.05) is 36.4 Å². The minimum atomic E-state index is 0.865. The van der Waals surface area contributed by atoms with E-state index in [0.717, 1.165) is 32.6 Å². The molecule has 1 aromatic carbocycles. The summed E-state index contributed by atoms with van der Waals surface area (Å²) >= 11 is 0. The molecule has 3 nitrogen and oxygen atoms in total. The zero-order valence-corrected chi connectivity index (χ0v) is 8.23. The lowest BCUT2D eigenvalue weighted by Gasteiger charge is -2.22. The highest BCUT2D eigenvalue weighted by atomic mass is 16.1. The van der Waals surface area contributed by atoms with Crippen LogP contribution in [0.2, 0.25) is 0 Å². The van der Waals surface area contributed by atoms with Crippen molar-refractivity contribution in [1.82, 2.24) is 10.2 Å². The van der Waals surface area contributed by atoms with Crippen molar-refractivity contribution in [2.45, 2.75) is 0 Å². The van der Waals surface area contributed by atoms with Gasteiger partial charge in [0.1, 0.15) is 0 Å². The zero-order valence-electron chi connectivity index (χ0n) is 8.23. The van der Waals surface area contributed by atoms with Gasteiger partial charge in [-0.1, -0.05) is 36.4 Å². The summed E-state index contributed by atoms with van der Waals surface area (Å²) in [5, 5.41) is 3.15. The van der Waals surface area contributed by atoms with E-state index < -0.39 is 0 Å². The largest absolute Gasteiger partial charge is 0.343 e. The van der Waals surface area contributed by atoms with E-state index in [0.29, 0.717) is 0 Å². The van der Waals surface area contributed by atoms with Crippen LogP contribution >= 0.6 is 0 Å².